The van der Waals surface area contributed by atoms with E-state index in [1.165, 1.54) is 12.8 Å². The van der Waals surface area contributed by atoms with Gasteiger partial charge in [0, 0.05) is 25.5 Å². The zero-order chi connectivity index (χ0) is 20.8. The van der Waals surface area contributed by atoms with Crippen LogP contribution in [0.1, 0.15) is 42.9 Å². The maximum atomic E-state index is 12.6. The summed E-state index contributed by atoms with van der Waals surface area (Å²) in [6.45, 7) is 2.04. The molecule has 7 nitrogen and oxygen atoms in total. The van der Waals surface area contributed by atoms with Gasteiger partial charge in [0.15, 0.2) is 11.5 Å². The molecule has 2 heterocycles. The highest BCUT2D eigenvalue weighted by molar-refractivity contribution is 5.74. The molecule has 2 aliphatic rings. The standard InChI is InChI=1S/C23H29N3O4/c1-28-20-7-6-18(14-21(20)30-19-4-2-3-5-19)22-16-26(12-13-29-22)23(27)25-15-17-8-10-24-11-9-17/h6-11,14,19,22H,2-5,12-13,15-16H2,1H3,(H,25,27). The van der Waals surface area contributed by atoms with Crippen LogP contribution < -0.4 is 14.8 Å². The van der Waals surface area contributed by atoms with Crippen molar-refractivity contribution in [2.75, 3.05) is 26.8 Å². The van der Waals surface area contributed by atoms with Gasteiger partial charge < -0.3 is 24.4 Å². The van der Waals surface area contributed by atoms with Gasteiger partial charge in [-0.2, -0.15) is 0 Å². The number of urea groups is 1. The molecule has 160 valence electrons. The number of nitrogens with zero attached hydrogens (tertiary/aromatic N) is 2. The lowest BCUT2D eigenvalue weighted by Gasteiger charge is -2.33. The van der Waals surface area contributed by atoms with Crippen LogP contribution in [0.2, 0.25) is 0 Å². The number of carbonyl (C=O) groups is 1. The van der Waals surface area contributed by atoms with E-state index >= 15 is 0 Å². The number of aromatic nitrogens is 1. The zero-order valence-corrected chi connectivity index (χ0v) is 17.4. The molecule has 1 N–H and O–H groups in total. The molecule has 1 saturated carbocycles. The maximum absolute atomic E-state index is 12.6. The van der Waals surface area contributed by atoms with E-state index < -0.39 is 0 Å². The summed E-state index contributed by atoms with van der Waals surface area (Å²) < 4.78 is 17.7. The Balaban J connectivity index is 1.40. The summed E-state index contributed by atoms with van der Waals surface area (Å²) in [5, 5.41) is 2.98. The molecule has 2 aromatic rings. The number of carbonyl (C=O) groups excluding carboxylic acids is 1. The molecule has 1 atom stereocenters. The fourth-order valence-electron chi connectivity index (χ4n) is 4.00. The fourth-order valence-corrected chi connectivity index (χ4v) is 4.00. The van der Waals surface area contributed by atoms with Gasteiger partial charge >= 0.3 is 6.03 Å². The highest BCUT2D eigenvalue weighted by Gasteiger charge is 2.27. The van der Waals surface area contributed by atoms with E-state index in [1.807, 2.05) is 30.3 Å². The predicted molar refractivity (Wildman–Crippen MR) is 113 cm³/mol. The van der Waals surface area contributed by atoms with E-state index in [0.717, 1.165) is 35.5 Å². The first-order chi connectivity index (χ1) is 14.7. The van der Waals surface area contributed by atoms with Crippen LogP contribution in [0.3, 0.4) is 0 Å². The second-order valence-electron chi connectivity index (χ2n) is 7.75. The second kappa shape index (κ2) is 9.80. The van der Waals surface area contributed by atoms with Crippen molar-refractivity contribution in [2.24, 2.45) is 0 Å². The van der Waals surface area contributed by atoms with Crippen molar-refractivity contribution in [1.29, 1.82) is 0 Å². The minimum atomic E-state index is -0.192. The molecule has 1 aromatic heterocycles. The lowest BCUT2D eigenvalue weighted by molar-refractivity contribution is -0.0156. The number of rotatable bonds is 6. The number of hydrogen-bond acceptors (Lipinski definition) is 5. The van der Waals surface area contributed by atoms with Crippen LogP contribution in [0.4, 0.5) is 4.79 Å². The smallest absolute Gasteiger partial charge is 0.317 e. The number of benzene rings is 1. The van der Waals surface area contributed by atoms with Gasteiger partial charge in [0.05, 0.1) is 26.4 Å². The zero-order valence-electron chi connectivity index (χ0n) is 17.4. The molecule has 0 spiro atoms. The van der Waals surface area contributed by atoms with Crippen LogP contribution in [0.5, 0.6) is 11.5 Å². The molecular weight excluding hydrogens is 382 g/mol. The average molecular weight is 412 g/mol. The second-order valence-corrected chi connectivity index (χ2v) is 7.75. The first-order valence-electron chi connectivity index (χ1n) is 10.6. The SMILES string of the molecule is COc1ccc(C2CN(C(=O)NCc3ccncc3)CCO2)cc1OC1CCCC1. The number of hydrogen-bond donors (Lipinski definition) is 1. The van der Waals surface area contributed by atoms with E-state index in [4.69, 9.17) is 14.2 Å². The van der Waals surface area contributed by atoms with Crippen molar-refractivity contribution in [3.05, 3.63) is 53.9 Å². The highest BCUT2D eigenvalue weighted by atomic mass is 16.5. The van der Waals surface area contributed by atoms with Gasteiger partial charge in [-0.3, -0.25) is 4.98 Å². The number of ether oxygens (including phenoxy) is 3. The Kier molecular flexibility index (Phi) is 6.69. The van der Waals surface area contributed by atoms with Gasteiger partial charge in [0.1, 0.15) is 6.10 Å². The number of pyridine rings is 1. The molecule has 1 aliphatic carbocycles. The number of methoxy groups -OCH3 is 1. The Labute approximate surface area is 177 Å². The van der Waals surface area contributed by atoms with E-state index in [1.54, 1.807) is 24.4 Å². The summed E-state index contributed by atoms with van der Waals surface area (Å²) in [4.78, 5) is 18.4. The lowest BCUT2D eigenvalue weighted by Crippen LogP contribution is -2.46. The molecule has 1 aromatic carbocycles. The molecule has 0 bridgehead atoms. The molecule has 4 rings (SSSR count). The van der Waals surface area contributed by atoms with Crippen molar-refractivity contribution < 1.29 is 19.0 Å². The number of nitrogens with one attached hydrogen (secondary N) is 1. The molecule has 2 amide bonds. The van der Waals surface area contributed by atoms with Crippen LogP contribution in [0.25, 0.3) is 0 Å². The van der Waals surface area contributed by atoms with E-state index in [-0.39, 0.29) is 18.2 Å². The molecule has 1 saturated heterocycles. The summed E-state index contributed by atoms with van der Waals surface area (Å²) in [5.41, 5.74) is 2.02. The third-order valence-corrected chi connectivity index (χ3v) is 5.70. The van der Waals surface area contributed by atoms with Crippen LogP contribution in [-0.4, -0.2) is 48.8 Å². The van der Waals surface area contributed by atoms with Crippen molar-refractivity contribution >= 4 is 6.03 Å². The lowest BCUT2D eigenvalue weighted by atomic mass is 10.1. The van der Waals surface area contributed by atoms with E-state index in [0.29, 0.717) is 26.2 Å². The molecule has 1 unspecified atom stereocenters. The van der Waals surface area contributed by atoms with Gasteiger partial charge in [-0.15, -0.1) is 0 Å². The van der Waals surface area contributed by atoms with Gasteiger partial charge in [-0.1, -0.05) is 6.07 Å². The topological polar surface area (TPSA) is 72.9 Å². The van der Waals surface area contributed by atoms with Crippen LogP contribution in [0.15, 0.2) is 42.7 Å². The normalized spacial score (nSPS) is 19.5. The summed E-state index contributed by atoms with van der Waals surface area (Å²) in [6, 6.07) is 9.61. The van der Waals surface area contributed by atoms with Crippen molar-refractivity contribution in [3.63, 3.8) is 0 Å². The molecule has 7 heteroatoms. The summed E-state index contributed by atoms with van der Waals surface area (Å²) in [5.74, 6) is 1.48. The average Bonchev–Trinajstić information content (AvgIpc) is 3.31. The monoisotopic (exact) mass is 411 g/mol. The fraction of sp³-hybridized carbons (Fsp3) is 0.478. The van der Waals surface area contributed by atoms with Gasteiger partial charge in [-0.05, 0) is 61.1 Å². The minimum Gasteiger partial charge on any atom is -0.493 e. The van der Waals surface area contributed by atoms with Gasteiger partial charge in [0.2, 0.25) is 0 Å². The van der Waals surface area contributed by atoms with Crippen molar-refractivity contribution in [2.45, 2.75) is 44.4 Å². The van der Waals surface area contributed by atoms with Gasteiger partial charge in [0.25, 0.3) is 0 Å². The van der Waals surface area contributed by atoms with E-state index in [2.05, 4.69) is 10.3 Å². The first kappa shape index (κ1) is 20.5. The molecule has 1 aliphatic heterocycles. The van der Waals surface area contributed by atoms with Crippen molar-refractivity contribution in [1.82, 2.24) is 15.2 Å². The summed E-state index contributed by atoms with van der Waals surface area (Å²) in [7, 11) is 1.66. The van der Waals surface area contributed by atoms with Crippen molar-refractivity contribution in [3.8, 4) is 11.5 Å². The Morgan fingerprint density at radius 2 is 2.00 bits per heavy atom. The van der Waals surface area contributed by atoms with E-state index in [9.17, 15) is 4.79 Å². The quantitative estimate of drug-likeness (QED) is 0.785. The third-order valence-electron chi connectivity index (χ3n) is 5.70. The van der Waals surface area contributed by atoms with Crippen LogP contribution in [0, 0.1) is 0 Å². The summed E-state index contributed by atoms with van der Waals surface area (Å²) in [6.07, 6.45) is 8.09. The molecule has 0 radical (unpaired) electrons. The number of morpholine rings is 1. The van der Waals surface area contributed by atoms with Crippen LogP contribution >= 0.6 is 0 Å². The van der Waals surface area contributed by atoms with Crippen LogP contribution in [-0.2, 0) is 11.3 Å². The number of amides is 2. The Morgan fingerprint density at radius 1 is 1.20 bits per heavy atom. The third kappa shape index (κ3) is 5.02. The van der Waals surface area contributed by atoms with Gasteiger partial charge in [-0.25, -0.2) is 4.79 Å². The largest absolute Gasteiger partial charge is 0.493 e. The highest BCUT2D eigenvalue weighted by Crippen LogP contribution is 2.35. The summed E-state index contributed by atoms with van der Waals surface area (Å²) >= 11 is 0. The first-order valence-corrected chi connectivity index (χ1v) is 10.6. The minimum absolute atomic E-state index is 0.0870. The Hall–Kier alpha value is -2.80. The Bertz CT molecular complexity index is 840. The molecule has 30 heavy (non-hydrogen) atoms. The Morgan fingerprint density at radius 3 is 2.77 bits per heavy atom. The molecular formula is C23H29N3O4. The maximum Gasteiger partial charge on any atom is 0.317 e. The molecule has 2 fully saturated rings. The predicted octanol–water partition coefficient (Wildman–Crippen LogP) is 3.69.